The summed E-state index contributed by atoms with van der Waals surface area (Å²) in [5.41, 5.74) is 0. The van der Waals surface area contributed by atoms with E-state index in [1.165, 1.54) is 0 Å². The lowest BCUT2D eigenvalue weighted by molar-refractivity contribution is -0.126. The minimum absolute atomic E-state index is 0.314. The van der Waals surface area contributed by atoms with Crippen LogP contribution in [0.1, 0.15) is 33.1 Å². The maximum Gasteiger partial charge on any atom is 0.137 e. The van der Waals surface area contributed by atoms with Gasteiger partial charge in [-0.1, -0.05) is 13.8 Å². The Morgan fingerprint density at radius 3 is 2.50 bits per heavy atom. The molecule has 2 aliphatic rings. The summed E-state index contributed by atoms with van der Waals surface area (Å²) in [6, 6.07) is 0. The lowest BCUT2D eigenvalue weighted by Gasteiger charge is -2.37. The molecule has 1 saturated carbocycles. The SMILES string of the molecule is CC(C)C1CCC(=O)C(CN2CCN(C)CC2)C1. The third-order valence-electron chi connectivity index (χ3n) is 4.82. The predicted octanol–water partition coefficient (Wildman–Crippen LogP) is 1.88. The Hall–Kier alpha value is -0.410. The van der Waals surface area contributed by atoms with E-state index in [0.717, 1.165) is 63.8 Å². The van der Waals surface area contributed by atoms with Crippen molar-refractivity contribution in [1.29, 1.82) is 0 Å². The van der Waals surface area contributed by atoms with E-state index in [2.05, 4.69) is 30.7 Å². The van der Waals surface area contributed by atoms with E-state index in [1.807, 2.05) is 0 Å². The number of nitrogens with zero attached hydrogens (tertiary/aromatic N) is 2. The van der Waals surface area contributed by atoms with Crippen LogP contribution in [0.5, 0.6) is 0 Å². The molecule has 104 valence electrons. The summed E-state index contributed by atoms with van der Waals surface area (Å²) in [7, 11) is 2.18. The Balaban J connectivity index is 1.85. The second kappa shape index (κ2) is 6.16. The molecule has 1 aliphatic carbocycles. The van der Waals surface area contributed by atoms with Crippen LogP contribution < -0.4 is 0 Å². The minimum Gasteiger partial charge on any atom is -0.304 e. The predicted molar refractivity (Wildman–Crippen MR) is 74.6 cm³/mol. The van der Waals surface area contributed by atoms with Gasteiger partial charge < -0.3 is 9.80 Å². The topological polar surface area (TPSA) is 23.6 Å². The number of carbonyl (C=O) groups excluding carboxylic acids is 1. The smallest absolute Gasteiger partial charge is 0.137 e. The zero-order valence-corrected chi connectivity index (χ0v) is 12.2. The van der Waals surface area contributed by atoms with Gasteiger partial charge in [-0.2, -0.15) is 0 Å². The van der Waals surface area contributed by atoms with Crippen molar-refractivity contribution in [3.63, 3.8) is 0 Å². The normalized spacial score (nSPS) is 32.1. The van der Waals surface area contributed by atoms with Crippen LogP contribution >= 0.6 is 0 Å². The summed E-state index contributed by atoms with van der Waals surface area (Å²) in [5, 5.41) is 0. The van der Waals surface area contributed by atoms with E-state index in [9.17, 15) is 4.79 Å². The van der Waals surface area contributed by atoms with E-state index >= 15 is 0 Å². The molecule has 0 amide bonds. The van der Waals surface area contributed by atoms with Gasteiger partial charge in [0.1, 0.15) is 5.78 Å². The monoisotopic (exact) mass is 252 g/mol. The Morgan fingerprint density at radius 2 is 1.89 bits per heavy atom. The standard InChI is InChI=1S/C15H28N2O/c1-12(2)13-4-5-15(18)14(10-13)11-17-8-6-16(3)7-9-17/h12-14H,4-11H2,1-3H3. The molecule has 0 bridgehead atoms. The lowest BCUT2D eigenvalue weighted by Crippen LogP contribution is -2.47. The van der Waals surface area contributed by atoms with Gasteiger partial charge in [0.2, 0.25) is 0 Å². The quantitative estimate of drug-likeness (QED) is 0.766. The second-order valence-corrected chi connectivity index (χ2v) is 6.55. The van der Waals surface area contributed by atoms with Crippen LogP contribution in [0.4, 0.5) is 0 Å². The van der Waals surface area contributed by atoms with Gasteiger partial charge in [-0.15, -0.1) is 0 Å². The molecule has 3 heteroatoms. The third-order valence-corrected chi connectivity index (χ3v) is 4.82. The Labute approximate surface area is 112 Å². The van der Waals surface area contributed by atoms with Crippen molar-refractivity contribution in [1.82, 2.24) is 9.80 Å². The molecule has 3 nitrogen and oxygen atoms in total. The first-order valence-corrected chi connectivity index (χ1v) is 7.50. The molecule has 2 atom stereocenters. The fourth-order valence-electron chi connectivity index (χ4n) is 3.27. The highest BCUT2D eigenvalue weighted by Crippen LogP contribution is 2.32. The Morgan fingerprint density at radius 1 is 1.22 bits per heavy atom. The van der Waals surface area contributed by atoms with Crippen LogP contribution in [-0.2, 0) is 4.79 Å². The van der Waals surface area contributed by atoms with Gasteiger partial charge in [0, 0.05) is 45.1 Å². The van der Waals surface area contributed by atoms with E-state index in [-0.39, 0.29) is 0 Å². The molecule has 0 aromatic carbocycles. The largest absolute Gasteiger partial charge is 0.304 e. The summed E-state index contributed by atoms with van der Waals surface area (Å²) in [6.07, 6.45) is 3.07. The number of hydrogen-bond donors (Lipinski definition) is 0. The first kappa shape index (κ1) is 14.0. The fraction of sp³-hybridized carbons (Fsp3) is 0.933. The molecule has 0 radical (unpaired) electrons. The van der Waals surface area contributed by atoms with Crippen molar-refractivity contribution in [3.8, 4) is 0 Å². The number of carbonyl (C=O) groups is 1. The molecule has 0 aromatic rings. The maximum absolute atomic E-state index is 12.1. The van der Waals surface area contributed by atoms with Crippen molar-refractivity contribution in [2.24, 2.45) is 17.8 Å². The number of likely N-dealkylation sites (N-methyl/N-ethyl adjacent to an activating group) is 1. The molecular weight excluding hydrogens is 224 g/mol. The average Bonchev–Trinajstić information content (AvgIpc) is 2.34. The van der Waals surface area contributed by atoms with Gasteiger partial charge in [-0.05, 0) is 31.7 Å². The first-order valence-electron chi connectivity index (χ1n) is 7.50. The molecule has 0 N–H and O–H groups in total. The Bertz CT molecular complexity index is 282. The number of rotatable bonds is 3. The van der Waals surface area contributed by atoms with Gasteiger partial charge in [0.05, 0.1) is 0 Å². The van der Waals surface area contributed by atoms with Gasteiger partial charge in [0.15, 0.2) is 0 Å². The molecule has 2 rings (SSSR count). The summed E-state index contributed by atoms with van der Waals surface area (Å²) in [6.45, 7) is 10.2. The van der Waals surface area contributed by atoms with E-state index in [1.54, 1.807) is 0 Å². The molecule has 2 fully saturated rings. The molecule has 1 aliphatic heterocycles. The van der Waals surface area contributed by atoms with Crippen molar-refractivity contribution in [2.75, 3.05) is 39.8 Å². The van der Waals surface area contributed by atoms with Crippen molar-refractivity contribution in [2.45, 2.75) is 33.1 Å². The van der Waals surface area contributed by atoms with Crippen LogP contribution in [0, 0.1) is 17.8 Å². The number of ketones is 1. The van der Waals surface area contributed by atoms with Crippen molar-refractivity contribution >= 4 is 5.78 Å². The third kappa shape index (κ3) is 3.55. The highest BCUT2D eigenvalue weighted by molar-refractivity contribution is 5.82. The molecule has 0 spiro atoms. The summed E-state index contributed by atoms with van der Waals surface area (Å²) in [5.74, 6) is 2.33. The molecular formula is C15H28N2O. The molecule has 2 unspecified atom stereocenters. The van der Waals surface area contributed by atoms with Gasteiger partial charge in [-0.25, -0.2) is 0 Å². The van der Waals surface area contributed by atoms with E-state index in [0.29, 0.717) is 11.7 Å². The highest BCUT2D eigenvalue weighted by atomic mass is 16.1. The summed E-state index contributed by atoms with van der Waals surface area (Å²) >= 11 is 0. The van der Waals surface area contributed by atoms with Crippen LogP contribution in [0.15, 0.2) is 0 Å². The first-order chi connectivity index (χ1) is 8.56. The zero-order chi connectivity index (χ0) is 13.1. The molecule has 0 aromatic heterocycles. The number of hydrogen-bond acceptors (Lipinski definition) is 3. The minimum atomic E-state index is 0.314. The molecule has 18 heavy (non-hydrogen) atoms. The summed E-state index contributed by atoms with van der Waals surface area (Å²) < 4.78 is 0. The van der Waals surface area contributed by atoms with Crippen LogP contribution in [0.3, 0.4) is 0 Å². The van der Waals surface area contributed by atoms with E-state index < -0.39 is 0 Å². The van der Waals surface area contributed by atoms with Gasteiger partial charge in [0.25, 0.3) is 0 Å². The average molecular weight is 252 g/mol. The van der Waals surface area contributed by atoms with Crippen molar-refractivity contribution in [3.05, 3.63) is 0 Å². The van der Waals surface area contributed by atoms with Gasteiger partial charge >= 0.3 is 0 Å². The fourth-order valence-corrected chi connectivity index (χ4v) is 3.27. The molecule has 1 heterocycles. The summed E-state index contributed by atoms with van der Waals surface area (Å²) in [4.78, 5) is 16.9. The number of Topliss-reactive ketones (excluding diaryl/α,β-unsaturated/α-hetero) is 1. The number of piperazine rings is 1. The van der Waals surface area contributed by atoms with Crippen LogP contribution in [-0.4, -0.2) is 55.4 Å². The van der Waals surface area contributed by atoms with Crippen LogP contribution in [0.25, 0.3) is 0 Å². The van der Waals surface area contributed by atoms with E-state index in [4.69, 9.17) is 0 Å². The highest BCUT2D eigenvalue weighted by Gasteiger charge is 2.31. The van der Waals surface area contributed by atoms with Crippen molar-refractivity contribution < 1.29 is 4.79 Å². The lowest BCUT2D eigenvalue weighted by atomic mass is 9.75. The molecule has 1 saturated heterocycles. The zero-order valence-electron chi connectivity index (χ0n) is 12.2. The second-order valence-electron chi connectivity index (χ2n) is 6.55. The Kier molecular flexibility index (Phi) is 4.79. The van der Waals surface area contributed by atoms with Gasteiger partial charge in [-0.3, -0.25) is 4.79 Å². The van der Waals surface area contributed by atoms with Crippen LogP contribution in [0.2, 0.25) is 0 Å². The maximum atomic E-state index is 12.1.